The fourth-order valence-electron chi connectivity index (χ4n) is 2.78. The molecule has 5 nitrogen and oxygen atoms in total. The van der Waals surface area contributed by atoms with Crippen molar-refractivity contribution in [3.8, 4) is 0 Å². The fraction of sp³-hybridized carbons (Fsp3) is 0.500. The summed E-state index contributed by atoms with van der Waals surface area (Å²) in [6, 6.07) is 8.04. The minimum absolute atomic E-state index is 0.113. The van der Waals surface area contributed by atoms with E-state index in [1.165, 1.54) is 6.08 Å². The van der Waals surface area contributed by atoms with E-state index >= 15 is 0 Å². The van der Waals surface area contributed by atoms with Gasteiger partial charge in [-0.15, -0.1) is 0 Å². The van der Waals surface area contributed by atoms with Crippen molar-refractivity contribution in [1.29, 1.82) is 0 Å². The molecule has 0 aliphatic heterocycles. The highest BCUT2D eigenvalue weighted by molar-refractivity contribution is 6.04. The Morgan fingerprint density at radius 3 is 2.33 bits per heavy atom. The molecule has 0 saturated heterocycles. The first-order valence-electron chi connectivity index (χ1n) is 9.67. The van der Waals surface area contributed by atoms with Crippen molar-refractivity contribution in [3.05, 3.63) is 47.7 Å². The third kappa shape index (κ3) is 8.67. The predicted molar refractivity (Wildman–Crippen MR) is 108 cm³/mol. The Morgan fingerprint density at radius 1 is 1.11 bits per heavy atom. The van der Waals surface area contributed by atoms with E-state index in [1.807, 2.05) is 39.0 Å². The molecule has 1 aromatic carbocycles. The Morgan fingerprint density at radius 2 is 1.78 bits per heavy atom. The molecule has 0 heterocycles. The number of ketones is 1. The number of carbonyl (C=O) groups excluding carboxylic acids is 3. The van der Waals surface area contributed by atoms with Crippen molar-refractivity contribution in [2.45, 2.75) is 65.5 Å². The second kappa shape index (κ2) is 12.0. The zero-order valence-corrected chi connectivity index (χ0v) is 16.8. The van der Waals surface area contributed by atoms with Gasteiger partial charge in [-0.3, -0.25) is 9.59 Å². The van der Waals surface area contributed by atoms with E-state index in [0.717, 1.165) is 19.1 Å². The summed E-state index contributed by atoms with van der Waals surface area (Å²) in [5.74, 6) is -0.0361. The Bertz CT molecular complexity index is 638. The number of allylic oxidation sites excluding steroid dienone is 2. The first-order chi connectivity index (χ1) is 12.9. The van der Waals surface area contributed by atoms with Gasteiger partial charge in [0.1, 0.15) is 12.3 Å². The first kappa shape index (κ1) is 22.6. The number of hydrogen-bond donors (Lipinski definition) is 2. The van der Waals surface area contributed by atoms with Gasteiger partial charge < -0.3 is 15.4 Å². The van der Waals surface area contributed by atoms with Crippen LogP contribution in [-0.4, -0.2) is 30.1 Å². The molecule has 0 aromatic heterocycles. The molecule has 0 unspecified atom stereocenters. The van der Waals surface area contributed by atoms with Crippen molar-refractivity contribution in [2.24, 2.45) is 5.92 Å². The lowest BCUT2D eigenvalue weighted by molar-refractivity contribution is -0.126. The van der Waals surface area contributed by atoms with E-state index in [4.69, 9.17) is 0 Å². The molecule has 1 amide bonds. The minimum Gasteiger partial charge on any atom is -0.377 e. The number of amides is 1. The molecule has 0 bridgehead atoms. The highest BCUT2D eigenvalue weighted by Gasteiger charge is 2.22. The van der Waals surface area contributed by atoms with Crippen LogP contribution in [0.5, 0.6) is 0 Å². The van der Waals surface area contributed by atoms with Crippen LogP contribution in [0.3, 0.4) is 0 Å². The zero-order chi connectivity index (χ0) is 20.2. The van der Waals surface area contributed by atoms with Gasteiger partial charge in [-0.2, -0.15) is 0 Å². The SMILES string of the molecule is CCCC[C@@H](C=O)NC(=O)[C@H](CC(C)C)NC(C)=CC(=O)c1ccccc1. The molecular weight excluding hydrogens is 340 g/mol. The van der Waals surface area contributed by atoms with Gasteiger partial charge in [-0.05, 0) is 25.7 Å². The molecule has 27 heavy (non-hydrogen) atoms. The standard InChI is InChI=1S/C22H32N2O3/c1-5-6-12-19(15-25)24-22(27)20(13-16(2)3)23-17(4)14-21(26)18-10-8-7-9-11-18/h7-11,14-16,19-20,23H,5-6,12-13H2,1-4H3,(H,24,27)/t19-,20-/m0/s1. The van der Waals surface area contributed by atoms with Gasteiger partial charge in [0.05, 0.1) is 6.04 Å². The van der Waals surface area contributed by atoms with E-state index in [0.29, 0.717) is 24.1 Å². The van der Waals surface area contributed by atoms with Gasteiger partial charge in [0.2, 0.25) is 5.91 Å². The number of rotatable bonds is 12. The fourth-order valence-corrected chi connectivity index (χ4v) is 2.78. The van der Waals surface area contributed by atoms with Gasteiger partial charge >= 0.3 is 0 Å². The second-order valence-corrected chi connectivity index (χ2v) is 7.28. The second-order valence-electron chi connectivity index (χ2n) is 7.28. The summed E-state index contributed by atoms with van der Waals surface area (Å²) in [4.78, 5) is 36.2. The number of aldehydes is 1. The molecule has 5 heteroatoms. The van der Waals surface area contributed by atoms with E-state index < -0.39 is 12.1 Å². The molecule has 0 saturated carbocycles. The first-order valence-corrected chi connectivity index (χ1v) is 9.67. The summed E-state index contributed by atoms with van der Waals surface area (Å²) in [6.45, 7) is 7.88. The van der Waals surface area contributed by atoms with Gasteiger partial charge in [-0.1, -0.05) is 63.9 Å². The predicted octanol–water partition coefficient (Wildman–Crippen LogP) is 3.65. The van der Waals surface area contributed by atoms with Crippen LogP contribution in [0.4, 0.5) is 0 Å². The van der Waals surface area contributed by atoms with Gasteiger partial charge in [0.25, 0.3) is 0 Å². The number of carbonyl (C=O) groups is 3. The van der Waals surface area contributed by atoms with Gasteiger partial charge in [0, 0.05) is 17.3 Å². The average Bonchev–Trinajstić information content (AvgIpc) is 2.64. The average molecular weight is 373 g/mol. The Balaban J connectivity index is 2.80. The largest absolute Gasteiger partial charge is 0.377 e. The summed E-state index contributed by atoms with van der Waals surface area (Å²) < 4.78 is 0. The van der Waals surface area contributed by atoms with Crippen LogP contribution in [0.25, 0.3) is 0 Å². The molecule has 1 aromatic rings. The van der Waals surface area contributed by atoms with E-state index in [-0.39, 0.29) is 17.6 Å². The third-order valence-corrected chi connectivity index (χ3v) is 4.19. The lowest BCUT2D eigenvalue weighted by Crippen LogP contribution is -2.48. The van der Waals surface area contributed by atoms with Crippen LogP contribution < -0.4 is 10.6 Å². The van der Waals surface area contributed by atoms with Crippen molar-refractivity contribution < 1.29 is 14.4 Å². The third-order valence-electron chi connectivity index (χ3n) is 4.19. The van der Waals surface area contributed by atoms with Crippen molar-refractivity contribution in [2.75, 3.05) is 0 Å². The molecule has 2 atom stereocenters. The quantitative estimate of drug-likeness (QED) is 0.334. The van der Waals surface area contributed by atoms with Crippen LogP contribution in [0.15, 0.2) is 42.1 Å². The highest BCUT2D eigenvalue weighted by Crippen LogP contribution is 2.09. The van der Waals surface area contributed by atoms with Crippen LogP contribution >= 0.6 is 0 Å². The van der Waals surface area contributed by atoms with E-state index in [2.05, 4.69) is 10.6 Å². The Kier molecular flexibility index (Phi) is 10.1. The van der Waals surface area contributed by atoms with E-state index in [9.17, 15) is 14.4 Å². The number of unbranched alkanes of at least 4 members (excludes halogenated alkanes) is 1. The highest BCUT2D eigenvalue weighted by atomic mass is 16.2. The minimum atomic E-state index is -0.492. The van der Waals surface area contributed by atoms with Crippen LogP contribution in [0, 0.1) is 5.92 Å². The summed E-state index contributed by atoms with van der Waals surface area (Å²) in [5.41, 5.74) is 1.23. The topological polar surface area (TPSA) is 75.3 Å². The molecule has 148 valence electrons. The molecule has 0 aliphatic rings. The lowest BCUT2D eigenvalue weighted by Gasteiger charge is -2.23. The Hall–Kier alpha value is -2.43. The van der Waals surface area contributed by atoms with E-state index in [1.54, 1.807) is 19.1 Å². The molecule has 1 rings (SSSR count). The summed E-state index contributed by atoms with van der Waals surface area (Å²) in [7, 11) is 0. The van der Waals surface area contributed by atoms with Crippen LogP contribution in [-0.2, 0) is 9.59 Å². The summed E-state index contributed by atoms with van der Waals surface area (Å²) in [5, 5.41) is 5.96. The maximum atomic E-state index is 12.7. The van der Waals surface area contributed by atoms with Gasteiger partial charge in [0.15, 0.2) is 5.78 Å². The molecular formula is C22H32N2O3. The summed E-state index contributed by atoms with van der Waals surface area (Å²) in [6.07, 6.45) is 5.40. The lowest BCUT2D eigenvalue weighted by atomic mass is 10.0. The van der Waals surface area contributed by atoms with Crippen molar-refractivity contribution >= 4 is 18.0 Å². The Labute approximate surface area is 162 Å². The molecule has 0 spiro atoms. The van der Waals surface area contributed by atoms with Crippen molar-refractivity contribution in [1.82, 2.24) is 10.6 Å². The number of hydrogen-bond acceptors (Lipinski definition) is 4. The normalized spacial score (nSPS) is 13.7. The monoisotopic (exact) mass is 372 g/mol. The molecule has 0 fully saturated rings. The molecule has 0 aliphatic carbocycles. The van der Waals surface area contributed by atoms with Crippen molar-refractivity contribution in [3.63, 3.8) is 0 Å². The maximum Gasteiger partial charge on any atom is 0.243 e. The van der Waals surface area contributed by atoms with Gasteiger partial charge in [-0.25, -0.2) is 0 Å². The zero-order valence-electron chi connectivity index (χ0n) is 16.8. The smallest absolute Gasteiger partial charge is 0.243 e. The molecule has 2 N–H and O–H groups in total. The number of benzene rings is 1. The van der Waals surface area contributed by atoms with Crippen LogP contribution in [0.1, 0.15) is 63.7 Å². The molecule has 0 radical (unpaired) electrons. The number of nitrogens with one attached hydrogen (secondary N) is 2. The summed E-state index contributed by atoms with van der Waals surface area (Å²) >= 11 is 0. The van der Waals surface area contributed by atoms with Crippen LogP contribution in [0.2, 0.25) is 0 Å². The maximum absolute atomic E-state index is 12.7.